The van der Waals surface area contributed by atoms with E-state index in [4.69, 9.17) is 9.84 Å². The van der Waals surface area contributed by atoms with E-state index in [9.17, 15) is 23.9 Å². The molecule has 0 bridgehead atoms. The van der Waals surface area contributed by atoms with Crippen LogP contribution in [0.15, 0.2) is 23.0 Å². The van der Waals surface area contributed by atoms with Crippen molar-refractivity contribution >= 4 is 12.0 Å². The number of amides is 2. The summed E-state index contributed by atoms with van der Waals surface area (Å²) in [4.78, 5) is 41.1. The minimum atomic E-state index is -1.23. The van der Waals surface area contributed by atoms with Gasteiger partial charge in [0.1, 0.15) is 11.6 Å². The van der Waals surface area contributed by atoms with Gasteiger partial charge in [0.05, 0.1) is 12.1 Å². The van der Waals surface area contributed by atoms with Gasteiger partial charge in [0.2, 0.25) is 5.75 Å². The second kappa shape index (κ2) is 9.57. The molecule has 4 N–H and O–H groups in total. The molecule has 2 unspecified atom stereocenters. The molecule has 3 rings (SSSR count). The highest BCUT2D eigenvalue weighted by Gasteiger charge is 2.35. The number of nitrogens with one attached hydrogen (secondary N) is 2. The number of halogens is 1. The van der Waals surface area contributed by atoms with Crippen molar-refractivity contribution in [1.82, 2.24) is 20.2 Å². The highest BCUT2D eigenvalue weighted by atomic mass is 19.1. The third-order valence-corrected chi connectivity index (χ3v) is 5.94. The molecule has 10 nitrogen and oxygen atoms in total. The van der Waals surface area contributed by atoms with Crippen molar-refractivity contribution in [3.63, 3.8) is 0 Å². The van der Waals surface area contributed by atoms with Crippen LogP contribution in [0.5, 0.6) is 5.75 Å². The first-order chi connectivity index (χ1) is 15.5. The second-order valence-corrected chi connectivity index (χ2v) is 8.40. The molecule has 0 radical (unpaired) electrons. The molecule has 0 saturated heterocycles. The Labute approximate surface area is 189 Å². The number of aryl methyl sites for hydroxylation is 1. The monoisotopic (exact) mass is 462 g/mol. The van der Waals surface area contributed by atoms with Crippen LogP contribution in [0.3, 0.4) is 0 Å². The zero-order valence-electron chi connectivity index (χ0n) is 18.6. The molecule has 0 saturated carbocycles. The number of ether oxygens (including phenoxy) is 1. The average molecular weight is 462 g/mol. The van der Waals surface area contributed by atoms with E-state index >= 15 is 0 Å². The third kappa shape index (κ3) is 5.30. The number of fused-ring (bicyclic) bond motifs is 1. The molecule has 11 heteroatoms. The number of methoxy groups -OCH3 is 1. The zero-order valence-corrected chi connectivity index (χ0v) is 18.6. The smallest absolute Gasteiger partial charge is 0.404 e. The quantitative estimate of drug-likeness (QED) is 0.513. The van der Waals surface area contributed by atoms with Gasteiger partial charge < -0.3 is 25.6 Å². The molecule has 2 atom stereocenters. The number of hydrogen-bond acceptors (Lipinski definition) is 6. The number of aromatic hydroxyl groups is 1. The van der Waals surface area contributed by atoms with Crippen molar-refractivity contribution in [2.24, 2.45) is 0 Å². The molecule has 33 heavy (non-hydrogen) atoms. The first-order valence-electron chi connectivity index (χ1n) is 10.4. The van der Waals surface area contributed by atoms with E-state index < -0.39 is 40.5 Å². The van der Waals surface area contributed by atoms with Crippen LogP contribution in [0.1, 0.15) is 53.1 Å². The fourth-order valence-electron chi connectivity index (χ4n) is 3.86. The van der Waals surface area contributed by atoms with Gasteiger partial charge in [-0.25, -0.2) is 14.2 Å². The van der Waals surface area contributed by atoms with Gasteiger partial charge in [-0.3, -0.25) is 14.2 Å². The molecule has 178 valence electrons. The highest BCUT2D eigenvalue weighted by molar-refractivity contribution is 5.94. The van der Waals surface area contributed by atoms with Gasteiger partial charge in [-0.05, 0) is 43.9 Å². The molecule has 1 aliphatic heterocycles. The van der Waals surface area contributed by atoms with E-state index in [1.807, 2.05) is 0 Å². The van der Waals surface area contributed by atoms with E-state index in [0.29, 0.717) is 24.0 Å². The minimum absolute atomic E-state index is 0.0255. The summed E-state index contributed by atoms with van der Waals surface area (Å²) in [6.07, 6.45) is -0.281. The summed E-state index contributed by atoms with van der Waals surface area (Å²) < 4.78 is 20.3. The number of nitrogens with zero attached hydrogens (tertiary/aromatic N) is 2. The van der Waals surface area contributed by atoms with Crippen molar-refractivity contribution in [1.29, 1.82) is 0 Å². The van der Waals surface area contributed by atoms with Gasteiger partial charge in [-0.15, -0.1) is 0 Å². The standard InChI is InChI=1S/C22H27FN4O6/c1-12-8-13(4-5-15(12)23)9-24-19(29)16-17(28)20(30)27-11-22(2,33-3)7-6-14(18(27)26-16)10-25-21(31)32/h4-5,8,14,25,28H,6-7,9-11H2,1-3H3,(H,24,29)(H,31,32). The Hall–Kier alpha value is -3.47. The lowest BCUT2D eigenvalue weighted by molar-refractivity contribution is -0.0146. The number of carbonyl (C=O) groups is 2. The lowest BCUT2D eigenvalue weighted by atomic mass is 9.95. The summed E-state index contributed by atoms with van der Waals surface area (Å²) in [7, 11) is 1.51. The van der Waals surface area contributed by atoms with Crippen LogP contribution in [-0.2, 0) is 17.8 Å². The fourth-order valence-corrected chi connectivity index (χ4v) is 3.86. The Morgan fingerprint density at radius 3 is 2.73 bits per heavy atom. The predicted octanol–water partition coefficient (Wildman–Crippen LogP) is 1.88. The van der Waals surface area contributed by atoms with E-state index in [1.165, 1.54) is 23.8 Å². The van der Waals surface area contributed by atoms with Crippen molar-refractivity contribution in [3.05, 3.63) is 57.0 Å². The maximum absolute atomic E-state index is 13.5. The summed E-state index contributed by atoms with van der Waals surface area (Å²) >= 11 is 0. The summed E-state index contributed by atoms with van der Waals surface area (Å²) in [5.41, 5.74) is -0.956. The molecule has 2 amide bonds. The Bertz CT molecular complexity index is 1130. The summed E-state index contributed by atoms with van der Waals surface area (Å²) in [6, 6.07) is 4.38. The molecule has 1 aromatic carbocycles. The van der Waals surface area contributed by atoms with E-state index in [2.05, 4.69) is 15.6 Å². The maximum atomic E-state index is 13.5. The van der Waals surface area contributed by atoms with Gasteiger partial charge >= 0.3 is 6.09 Å². The first kappa shape index (κ1) is 24.2. The number of carboxylic acid groups (broad SMARTS) is 1. The van der Waals surface area contributed by atoms with Crippen molar-refractivity contribution in [2.45, 2.75) is 51.3 Å². The molecule has 1 aliphatic rings. The molecule has 1 aromatic heterocycles. The molecule has 0 fully saturated rings. The summed E-state index contributed by atoms with van der Waals surface area (Å²) in [6.45, 7) is 3.49. The summed E-state index contributed by atoms with van der Waals surface area (Å²) in [5, 5.41) is 24.4. The fraction of sp³-hybridized carbons (Fsp3) is 0.455. The van der Waals surface area contributed by atoms with E-state index in [-0.39, 0.29) is 31.3 Å². The van der Waals surface area contributed by atoms with Crippen LogP contribution in [0, 0.1) is 12.7 Å². The Morgan fingerprint density at radius 1 is 1.36 bits per heavy atom. The first-order valence-corrected chi connectivity index (χ1v) is 10.4. The molecular formula is C22H27FN4O6. The Kier molecular flexibility index (Phi) is 7.01. The predicted molar refractivity (Wildman–Crippen MR) is 116 cm³/mol. The van der Waals surface area contributed by atoms with Crippen LogP contribution < -0.4 is 16.2 Å². The second-order valence-electron chi connectivity index (χ2n) is 8.40. The third-order valence-electron chi connectivity index (χ3n) is 5.94. The number of carbonyl (C=O) groups excluding carboxylic acids is 1. The van der Waals surface area contributed by atoms with E-state index in [0.717, 1.165) is 0 Å². The number of benzene rings is 1. The van der Waals surface area contributed by atoms with Crippen molar-refractivity contribution in [3.8, 4) is 5.75 Å². The zero-order chi connectivity index (χ0) is 24.3. The molecule has 0 aliphatic carbocycles. The average Bonchev–Trinajstić information content (AvgIpc) is 2.92. The topological polar surface area (TPSA) is 143 Å². The molecule has 2 heterocycles. The number of rotatable bonds is 6. The molecule has 2 aromatic rings. The lowest BCUT2D eigenvalue weighted by Gasteiger charge is -2.27. The Balaban J connectivity index is 1.95. The van der Waals surface area contributed by atoms with Gasteiger partial charge in [0.25, 0.3) is 11.5 Å². The highest BCUT2D eigenvalue weighted by Crippen LogP contribution is 2.32. The van der Waals surface area contributed by atoms with E-state index in [1.54, 1.807) is 19.9 Å². The SMILES string of the molecule is COC1(C)CCC(CNC(=O)O)c2nc(C(=O)NCc3ccc(F)c(C)c3)c(O)c(=O)n2C1. The van der Waals surface area contributed by atoms with Crippen LogP contribution in [0.25, 0.3) is 0 Å². The van der Waals surface area contributed by atoms with Gasteiger partial charge in [0, 0.05) is 26.1 Å². The minimum Gasteiger partial charge on any atom is -0.501 e. The molecular weight excluding hydrogens is 435 g/mol. The van der Waals surface area contributed by atoms with Crippen LogP contribution in [0.4, 0.5) is 9.18 Å². The normalized spacial score (nSPS) is 19.9. The largest absolute Gasteiger partial charge is 0.501 e. The van der Waals surface area contributed by atoms with Gasteiger partial charge in [0.15, 0.2) is 5.69 Å². The molecule has 0 spiro atoms. The van der Waals surface area contributed by atoms with Crippen LogP contribution >= 0.6 is 0 Å². The van der Waals surface area contributed by atoms with Crippen molar-refractivity contribution in [2.75, 3.05) is 13.7 Å². The van der Waals surface area contributed by atoms with Crippen LogP contribution in [0.2, 0.25) is 0 Å². The Morgan fingerprint density at radius 2 is 2.09 bits per heavy atom. The van der Waals surface area contributed by atoms with Gasteiger partial charge in [-0.2, -0.15) is 0 Å². The lowest BCUT2D eigenvalue weighted by Crippen LogP contribution is -2.38. The van der Waals surface area contributed by atoms with Crippen molar-refractivity contribution < 1.29 is 28.9 Å². The van der Waals surface area contributed by atoms with Crippen LogP contribution in [-0.4, -0.2) is 51.0 Å². The van der Waals surface area contributed by atoms with Gasteiger partial charge in [-0.1, -0.05) is 12.1 Å². The summed E-state index contributed by atoms with van der Waals surface area (Å²) in [5.74, 6) is -2.28. The number of aromatic nitrogens is 2. The maximum Gasteiger partial charge on any atom is 0.404 e. The number of hydrogen-bond donors (Lipinski definition) is 4.